The summed E-state index contributed by atoms with van der Waals surface area (Å²) in [6.07, 6.45) is 0.00704. The van der Waals surface area contributed by atoms with Crippen LogP contribution in [-0.2, 0) is 20.9 Å². The van der Waals surface area contributed by atoms with Crippen LogP contribution < -0.4 is 0 Å². The third kappa shape index (κ3) is 3.20. The lowest BCUT2D eigenvalue weighted by Gasteiger charge is -2.35. The molecule has 2 aliphatic heterocycles. The molecule has 0 aromatic heterocycles. The number of carboxylic acids is 1. The predicted molar refractivity (Wildman–Crippen MR) is 82.0 cm³/mol. The lowest BCUT2D eigenvalue weighted by Crippen LogP contribution is -2.51. The fraction of sp³-hybridized carbons (Fsp3) is 0.500. The van der Waals surface area contributed by atoms with E-state index in [9.17, 15) is 14.7 Å². The van der Waals surface area contributed by atoms with Gasteiger partial charge in [-0.1, -0.05) is 17.7 Å². The number of hydrogen-bond acceptors (Lipinski definition) is 4. The SMILES string of the molecule is O=C(CC1OCc2cc(Cl)ccc21)N1CCC(O)(C(=O)O)CC1. The number of benzene rings is 1. The van der Waals surface area contributed by atoms with Crippen molar-refractivity contribution in [2.24, 2.45) is 0 Å². The van der Waals surface area contributed by atoms with E-state index < -0.39 is 11.6 Å². The Morgan fingerprint density at radius 1 is 1.35 bits per heavy atom. The average Bonchev–Trinajstić information content (AvgIpc) is 2.89. The highest BCUT2D eigenvalue weighted by atomic mass is 35.5. The third-order valence-electron chi connectivity index (χ3n) is 4.59. The Labute approximate surface area is 138 Å². The molecule has 1 atom stereocenters. The van der Waals surface area contributed by atoms with E-state index in [-0.39, 0.29) is 44.4 Å². The Morgan fingerprint density at radius 2 is 2.04 bits per heavy atom. The second-order valence-corrected chi connectivity index (χ2v) is 6.50. The number of nitrogens with zero attached hydrogens (tertiary/aromatic N) is 1. The molecular weight excluding hydrogens is 322 g/mol. The van der Waals surface area contributed by atoms with Gasteiger partial charge in [-0.05, 0) is 23.3 Å². The van der Waals surface area contributed by atoms with Crippen LogP contribution in [0, 0.1) is 0 Å². The zero-order chi connectivity index (χ0) is 16.6. The minimum atomic E-state index is -1.72. The highest BCUT2D eigenvalue weighted by molar-refractivity contribution is 6.30. The quantitative estimate of drug-likeness (QED) is 0.876. The van der Waals surface area contributed by atoms with Crippen molar-refractivity contribution in [3.63, 3.8) is 0 Å². The fourth-order valence-electron chi connectivity index (χ4n) is 3.09. The maximum absolute atomic E-state index is 12.4. The first-order valence-corrected chi connectivity index (χ1v) is 7.90. The van der Waals surface area contributed by atoms with Crippen LogP contribution >= 0.6 is 11.6 Å². The molecule has 3 rings (SSSR count). The minimum absolute atomic E-state index is 0.0474. The highest BCUT2D eigenvalue weighted by Crippen LogP contribution is 2.35. The molecule has 1 unspecified atom stereocenters. The number of halogens is 1. The second-order valence-electron chi connectivity index (χ2n) is 6.06. The van der Waals surface area contributed by atoms with Crippen LogP contribution in [0.2, 0.25) is 5.02 Å². The number of carbonyl (C=O) groups excluding carboxylic acids is 1. The summed E-state index contributed by atoms with van der Waals surface area (Å²) in [6, 6.07) is 5.50. The standard InChI is InChI=1S/C16H18ClNO5/c17-11-1-2-12-10(7-11)9-23-13(12)8-14(19)18-5-3-16(22,4-6-18)15(20)21/h1-2,7,13,22H,3-6,8-9H2,(H,20,21). The van der Waals surface area contributed by atoms with Gasteiger partial charge in [0.1, 0.15) is 0 Å². The van der Waals surface area contributed by atoms with E-state index in [2.05, 4.69) is 0 Å². The van der Waals surface area contributed by atoms with Crippen molar-refractivity contribution in [1.29, 1.82) is 0 Å². The van der Waals surface area contributed by atoms with Crippen molar-refractivity contribution < 1.29 is 24.5 Å². The Morgan fingerprint density at radius 3 is 2.70 bits per heavy atom. The van der Waals surface area contributed by atoms with Crippen molar-refractivity contribution in [2.75, 3.05) is 13.1 Å². The topological polar surface area (TPSA) is 87.1 Å². The van der Waals surface area contributed by atoms with E-state index in [4.69, 9.17) is 21.4 Å². The lowest BCUT2D eigenvalue weighted by atomic mass is 9.91. The Kier molecular flexibility index (Phi) is 4.31. The number of carboxylic acid groups (broad SMARTS) is 1. The molecule has 0 saturated carbocycles. The van der Waals surface area contributed by atoms with Gasteiger partial charge in [0, 0.05) is 31.0 Å². The van der Waals surface area contributed by atoms with Crippen molar-refractivity contribution in [1.82, 2.24) is 4.90 Å². The molecule has 0 spiro atoms. The molecule has 2 heterocycles. The molecule has 0 bridgehead atoms. The molecule has 1 fully saturated rings. The van der Waals surface area contributed by atoms with Crippen LogP contribution in [0.3, 0.4) is 0 Å². The first-order chi connectivity index (χ1) is 10.9. The van der Waals surface area contributed by atoms with E-state index in [1.807, 2.05) is 12.1 Å². The molecule has 23 heavy (non-hydrogen) atoms. The van der Waals surface area contributed by atoms with Crippen LogP contribution in [-0.4, -0.2) is 45.7 Å². The summed E-state index contributed by atoms with van der Waals surface area (Å²) in [5, 5.41) is 19.6. The van der Waals surface area contributed by atoms with Crippen LogP contribution in [0.4, 0.5) is 0 Å². The first-order valence-electron chi connectivity index (χ1n) is 7.52. The fourth-order valence-corrected chi connectivity index (χ4v) is 3.28. The van der Waals surface area contributed by atoms with Crippen LogP contribution in [0.1, 0.15) is 36.5 Å². The monoisotopic (exact) mass is 339 g/mol. The van der Waals surface area contributed by atoms with E-state index in [1.54, 1.807) is 11.0 Å². The number of ether oxygens (including phenoxy) is 1. The molecule has 1 aromatic carbocycles. The van der Waals surface area contributed by atoms with E-state index in [0.29, 0.717) is 11.6 Å². The molecule has 2 aliphatic rings. The lowest BCUT2D eigenvalue weighted by molar-refractivity contribution is -0.165. The van der Waals surface area contributed by atoms with Gasteiger partial charge in [0.2, 0.25) is 5.91 Å². The number of rotatable bonds is 3. The number of aliphatic hydroxyl groups is 1. The smallest absolute Gasteiger partial charge is 0.335 e. The van der Waals surface area contributed by atoms with Gasteiger partial charge >= 0.3 is 5.97 Å². The molecule has 0 aliphatic carbocycles. The number of amides is 1. The van der Waals surface area contributed by atoms with Gasteiger partial charge in [0.15, 0.2) is 5.60 Å². The van der Waals surface area contributed by atoms with Crippen molar-refractivity contribution >= 4 is 23.5 Å². The highest BCUT2D eigenvalue weighted by Gasteiger charge is 2.40. The third-order valence-corrected chi connectivity index (χ3v) is 4.83. The Bertz CT molecular complexity index is 639. The van der Waals surface area contributed by atoms with Gasteiger partial charge in [-0.3, -0.25) is 4.79 Å². The van der Waals surface area contributed by atoms with Crippen molar-refractivity contribution in [3.05, 3.63) is 34.3 Å². The van der Waals surface area contributed by atoms with Crippen molar-refractivity contribution in [3.8, 4) is 0 Å². The van der Waals surface area contributed by atoms with E-state index in [1.165, 1.54) is 0 Å². The van der Waals surface area contributed by atoms with Gasteiger partial charge in [0.05, 0.1) is 19.1 Å². The summed E-state index contributed by atoms with van der Waals surface area (Å²) in [4.78, 5) is 25.0. The zero-order valence-electron chi connectivity index (χ0n) is 12.5. The van der Waals surface area contributed by atoms with Crippen LogP contribution in [0.5, 0.6) is 0 Å². The second kappa shape index (κ2) is 6.11. The predicted octanol–water partition coefficient (Wildman–Crippen LogP) is 1.74. The molecule has 124 valence electrons. The molecule has 0 radical (unpaired) electrons. The molecule has 2 N–H and O–H groups in total. The maximum atomic E-state index is 12.4. The summed E-state index contributed by atoms with van der Waals surface area (Å²) < 4.78 is 5.67. The Hall–Kier alpha value is -1.63. The molecule has 6 nitrogen and oxygen atoms in total. The number of aliphatic carboxylic acids is 1. The summed E-state index contributed by atoms with van der Waals surface area (Å²) >= 11 is 5.95. The largest absolute Gasteiger partial charge is 0.479 e. The molecule has 1 amide bonds. The molecule has 7 heteroatoms. The first kappa shape index (κ1) is 16.2. The number of fused-ring (bicyclic) bond motifs is 1. The zero-order valence-corrected chi connectivity index (χ0v) is 13.3. The van der Waals surface area contributed by atoms with Crippen LogP contribution in [0.15, 0.2) is 18.2 Å². The molecule has 1 saturated heterocycles. The number of carbonyl (C=O) groups is 2. The Balaban J connectivity index is 1.61. The number of hydrogen-bond donors (Lipinski definition) is 2. The molecule has 1 aromatic rings. The summed E-state index contributed by atoms with van der Waals surface area (Å²) in [7, 11) is 0. The van der Waals surface area contributed by atoms with Gasteiger partial charge < -0.3 is 19.8 Å². The summed E-state index contributed by atoms with van der Waals surface area (Å²) in [6.45, 7) is 0.913. The number of piperidine rings is 1. The van der Waals surface area contributed by atoms with E-state index >= 15 is 0 Å². The van der Waals surface area contributed by atoms with Gasteiger partial charge in [-0.15, -0.1) is 0 Å². The average molecular weight is 340 g/mol. The van der Waals surface area contributed by atoms with Crippen molar-refractivity contribution in [2.45, 2.75) is 37.6 Å². The summed E-state index contributed by atoms with van der Waals surface area (Å²) in [5.74, 6) is -1.32. The van der Waals surface area contributed by atoms with Gasteiger partial charge in [-0.2, -0.15) is 0 Å². The maximum Gasteiger partial charge on any atom is 0.335 e. The van der Waals surface area contributed by atoms with Gasteiger partial charge in [-0.25, -0.2) is 4.79 Å². The number of likely N-dealkylation sites (tertiary alicyclic amines) is 1. The normalized spacial score (nSPS) is 22.7. The minimum Gasteiger partial charge on any atom is -0.479 e. The molecular formula is C16H18ClNO5. The summed E-state index contributed by atoms with van der Waals surface area (Å²) in [5.41, 5.74) is 0.250. The van der Waals surface area contributed by atoms with E-state index in [0.717, 1.165) is 11.1 Å². The van der Waals surface area contributed by atoms with Crippen LogP contribution in [0.25, 0.3) is 0 Å². The van der Waals surface area contributed by atoms with Gasteiger partial charge in [0.25, 0.3) is 0 Å².